The minimum atomic E-state index is -0.313. The standard InChI is InChI=1S/C14H13ClN2O2S/c1-10-7-11(15)4-5-13(10)19-9-14(18)17-16-8-12-3-2-6-20-12/h2-8H,9H2,1H3,(H,17,18)/b16-8-. The van der Waals surface area contributed by atoms with Crippen LogP contribution in [0.5, 0.6) is 5.75 Å². The van der Waals surface area contributed by atoms with E-state index >= 15 is 0 Å². The summed E-state index contributed by atoms with van der Waals surface area (Å²) < 4.78 is 5.40. The van der Waals surface area contributed by atoms with E-state index in [9.17, 15) is 4.79 Å². The Hall–Kier alpha value is -1.85. The van der Waals surface area contributed by atoms with Crippen molar-refractivity contribution in [3.8, 4) is 5.75 Å². The third-order valence-electron chi connectivity index (χ3n) is 2.42. The van der Waals surface area contributed by atoms with Crippen molar-refractivity contribution in [1.29, 1.82) is 0 Å². The number of amides is 1. The highest BCUT2D eigenvalue weighted by Gasteiger charge is 2.04. The highest BCUT2D eigenvalue weighted by molar-refractivity contribution is 7.11. The van der Waals surface area contributed by atoms with E-state index in [1.807, 2.05) is 24.4 Å². The van der Waals surface area contributed by atoms with E-state index in [-0.39, 0.29) is 12.5 Å². The molecular weight excluding hydrogens is 296 g/mol. The fourth-order valence-corrected chi connectivity index (χ4v) is 2.29. The number of nitrogens with one attached hydrogen (secondary N) is 1. The zero-order chi connectivity index (χ0) is 14.4. The van der Waals surface area contributed by atoms with E-state index in [0.29, 0.717) is 10.8 Å². The van der Waals surface area contributed by atoms with E-state index in [2.05, 4.69) is 10.5 Å². The van der Waals surface area contributed by atoms with Crippen molar-refractivity contribution in [3.63, 3.8) is 0 Å². The number of rotatable bonds is 5. The van der Waals surface area contributed by atoms with Crippen LogP contribution in [0.3, 0.4) is 0 Å². The Morgan fingerprint density at radius 3 is 3.05 bits per heavy atom. The first-order chi connectivity index (χ1) is 9.65. The second-order valence-corrected chi connectivity index (χ2v) is 5.42. The number of thiophene rings is 1. The Kier molecular flexibility index (Phi) is 5.15. The van der Waals surface area contributed by atoms with Crippen molar-refractivity contribution in [1.82, 2.24) is 5.43 Å². The molecule has 1 heterocycles. The molecule has 0 saturated heterocycles. The molecule has 0 atom stereocenters. The van der Waals surface area contributed by atoms with Crippen molar-refractivity contribution in [2.75, 3.05) is 6.61 Å². The Morgan fingerprint density at radius 2 is 2.35 bits per heavy atom. The van der Waals surface area contributed by atoms with Gasteiger partial charge in [-0.05, 0) is 42.1 Å². The van der Waals surface area contributed by atoms with Crippen LogP contribution in [0.1, 0.15) is 10.4 Å². The van der Waals surface area contributed by atoms with Crippen LogP contribution in [0, 0.1) is 6.92 Å². The van der Waals surface area contributed by atoms with E-state index in [1.165, 1.54) is 0 Å². The largest absolute Gasteiger partial charge is 0.483 e. The molecule has 1 aromatic carbocycles. The average Bonchev–Trinajstić information content (AvgIpc) is 2.91. The lowest BCUT2D eigenvalue weighted by Crippen LogP contribution is -2.24. The van der Waals surface area contributed by atoms with E-state index in [4.69, 9.17) is 16.3 Å². The molecule has 0 unspecified atom stereocenters. The van der Waals surface area contributed by atoms with Gasteiger partial charge in [-0.3, -0.25) is 4.79 Å². The van der Waals surface area contributed by atoms with Crippen LogP contribution in [-0.4, -0.2) is 18.7 Å². The summed E-state index contributed by atoms with van der Waals surface area (Å²) in [5, 5.41) is 6.43. The predicted octanol–water partition coefficient (Wildman–Crippen LogP) is 3.24. The van der Waals surface area contributed by atoms with Crippen molar-refractivity contribution in [2.24, 2.45) is 5.10 Å². The van der Waals surface area contributed by atoms with Gasteiger partial charge in [0, 0.05) is 9.90 Å². The van der Waals surface area contributed by atoms with Crippen LogP contribution in [0.4, 0.5) is 0 Å². The van der Waals surface area contributed by atoms with Gasteiger partial charge in [-0.2, -0.15) is 5.10 Å². The molecule has 1 N–H and O–H groups in total. The van der Waals surface area contributed by atoms with Crippen LogP contribution >= 0.6 is 22.9 Å². The van der Waals surface area contributed by atoms with Gasteiger partial charge < -0.3 is 4.74 Å². The molecule has 0 saturated carbocycles. The van der Waals surface area contributed by atoms with Crippen LogP contribution in [-0.2, 0) is 4.79 Å². The fourth-order valence-electron chi connectivity index (χ4n) is 1.48. The molecule has 0 bridgehead atoms. The molecule has 6 heteroatoms. The summed E-state index contributed by atoms with van der Waals surface area (Å²) in [6, 6.07) is 9.06. The molecule has 4 nitrogen and oxygen atoms in total. The van der Waals surface area contributed by atoms with Gasteiger partial charge in [0.2, 0.25) is 0 Å². The number of hydrazone groups is 1. The van der Waals surface area contributed by atoms with Crippen molar-refractivity contribution >= 4 is 35.1 Å². The fraction of sp³-hybridized carbons (Fsp3) is 0.143. The summed E-state index contributed by atoms with van der Waals surface area (Å²) in [5.74, 6) is 0.318. The van der Waals surface area contributed by atoms with Crippen molar-refractivity contribution in [2.45, 2.75) is 6.92 Å². The summed E-state index contributed by atoms with van der Waals surface area (Å²) >= 11 is 7.39. The summed E-state index contributed by atoms with van der Waals surface area (Å²) in [6.07, 6.45) is 1.59. The Morgan fingerprint density at radius 1 is 1.50 bits per heavy atom. The molecule has 2 rings (SSSR count). The molecule has 0 aliphatic rings. The van der Waals surface area contributed by atoms with Gasteiger partial charge in [-0.15, -0.1) is 11.3 Å². The number of aryl methyl sites for hydroxylation is 1. The van der Waals surface area contributed by atoms with E-state index in [1.54, 1.807) is 35.8 Å². The smallest absolute Gasteiger partial charge is 0.277 e. The molecule has 2 aromatic rings. The first-order valence-corrected chi connectivity index (χ1v) is 7.15. The topological polar surface area (TPSA) is 50.7 Å². The van der Waals surface area contributed by atoms with Gasteiger partial charge in [0.05, 0.1) is 6.21 Å². The third kappa shape index (κ3) is 4.36. The number of ether oxygens (including phenoxy) is 1. The minimum Gasteiger partial charge on any atom is -0.483 e. The minimum absolute atomic E-state index is 0.0930. The van der Waals surface area contributed by atoms with Gasteiger partial charge in [0.25, 0.3) is 5.91 Å². The quantitative estimate of drug-likeness (QED) is 0.681. The zero-order valence-electron chi connectivity index (χ0n) is 10.8. The van der Waals surface area contributed by atoms with Crippen LogP contribution < -0.4 is 10.2 Å². The molecule has 0 aliphatic heterocycles. The normalized spacial score (nSPS) is 10.7. The first-order valence-electron chi connectivity index (χ1n) is 5.89. The average molecular weight is 309 g/mol. The molecule has 1 aromatic heterocycles. The monoisotopic (exact) mass is 308 g/mol. The molecule has 0 spiro atoms. The van der Waals surface area contributed by atoms with Gasteiger partial charge in [0.15, 0.2) is 6.61 Å². The number of nitrogens with zero attached hydrogens (tertiary/aromatic N) is 1. The third-order valence-corrected chi connectivity index (χ3v) is 3.46. The molecule has 0 radical (unpaired) electrons. The number of hydrogen-bond acceptors (Lipinski definition) is 4. The maximum Gasteiger partial charge on any atom is 0.277 e. The first kappa shape index (κ1) is 14.6. The maximum absolute atomic E-state index is 11.6. The van der Waals surface area contributed by atoms with Crippen molar-refractivity contribution in [3.05, 3.63) is 51.2 Å². The highest BCUT2D eigenvalue weighted by Crippen LogP contribution is 2.21. The van der Waals surface area contributed by atoms with Crippen molar-refractivity contribution < 1.29 is 9.53 Å². The lowest BCUT2D eigenvalue weighted by atomic mass is 10.2. The molecule has 0 fully saturated rings. The number of benzene rings is 1. The van der Waals surface area contributed by atoms with E-state index < -0.39 is 0 Å². The second kappa shape index (κ2) is 7.07. The molecule has 20 heavy (non-hydrogen) atoms. The Labute approximate surface area is 126 Å². The lowest BCUT2D eigenvalue weighted by molar-refractivity contribution is -0.123. The molecule has 104 valence electrons. The summed E-state index contributed by atoms with van der Waals surface area (Å²) in [7, 11) is 0. The van der Waals surface area contributed by atoms with Crippen LogP contribution in [0.15, 0.2) is 40.8 Å². The Balaban J connectivity index is 1.80. The summed E-state index contributed by atoms with van der Waals surface area (Å²) in [5.41, 5.74) is 3.29. The number of carbonyl (C=O) groups excluding carboxylic acids is 1. The van der Waals surface area contributed by atoms with Crippen LogP contribution in [0.25, 0.3) is 0 Å². The maximum atomic E-state index is 11.6. The molecule has 1 amide bonds. The zero-order valence-corrected chi connectivity index (χ0v) is 12.4. The number of hydrogen-bond donors (Lipinski definition) is 1. The molecule has 0 aliphatic carbocycles. The lowest BCUT2D eigenvalue weighted by Gasteiger charge is -2.08. The second-order valence-electron chi connectivity index (χ2n) is 4.01. The highest BCUT2D eigenvalue weighted by atomic mass is 35.5. The summed E-state index contributed by atoms with van der Waals surface area (Å²) in [6.45, 7) is 1.78. The van der Waals surface area contributed by atoms with E-state index in [0.717, 1.165) is 10.4 Å². The molecular formula is C14H13ClN2O2S. The number of carbonyl (C=O) groups is 1. The van der Waals surface area contributed by atoms with Gasteiger partial charge in [-0.25, -0.2) is 5.43 Å². The SMILES string of the molecule is Cc1cc(Cl)ccc1OCC(=O)N/N=C\c1cccs1. The van der Waals surface area contributed by atoms with Gasteiger partial charge >= 0.3 is 0 Å². The van der Waals surface area contributed by atoms with Gasteiger partial charge in [-0.1, -0.05) is 17.7 Å². The number of halogens is 1. The van der Waals surface area contributed by atoms with Crippen LogP contribution in [0.2, 0.25) is 5.02 Å². The Bertz CT molecular complexity index is 612. The summed E-state index contributed by atoms with van der Waals surface area (Å²) in [4.78, 5) is 12.5. The van der Waals surface area contributed by atoms with Gasteiger partial charge in [0.1, 0.15) is 5.75 Å². The predicted molar refractivity (Wildman–Crippen MR) is 81.7 cm³/mol.